The van der Waals surface area contributed by atoms with Crippen LogP contribution in [0.25, 0.3) is 0 Å². The number of hydrogen-bond acceptors (Lipinski definition) is 3. The minimum Gasteiger partial charge on any atom is -0.339 e. The molecule has 1 saturated carbocycles. The second kappa shape index (κ2) is 5.34. The SMILES string of the molecule is CN(C(=O)c1cc(F)ccc1[N+](=O)[O-])C1CCCC1. The second-order valence-corrected chi connectivity index (χ2v) is 4.77. The van der Waals surface area contributed by atoms with Crippen LogP contribution in [0.2, 0.25) is 0 Å². The molecule has 19 heavy (non-hydrogen) atoms. The largest absolute Gasteiger partial charge is 0.339 e. The number of carbonyl (C=O) groups is 1. The van der Waals surface area contributed by atoms with Crippen LogP contribution in [-0.4, -0.2) is 28.8 Å². The third-order valence-corrected chi connectivity index (χ3v) is 3.58. The Morgan fingerprint density at radius 3 is 2.63 bits per heavy atom. The van der Waals surface area contributed by atoms with E-state index in [-0.39, 0.29) is 17.3 Å². The van der Waals surface area contributed by atoms with E-state index in [0.29, 0.717) is 0 Å². The number of nitrogens with zero attached hydrogens (tertiary/aromatic N) is 2. The number of benzene rings is 1. The third-order valence-electron chi connectivity index (χ3n) is 3.58. The zero-order valence-corrected chi connectivity index (χ0v) is 10.6. The molecule has 5 nitrogen and oxygen atoms in total. The Morgan fingerprint density at radius 1 is 1.42 bits per heavy atom. The van der Waals surface area contributed by atoms with Crippen LogP contribution in [0.1, 0.15) is 36.0 Å². The molecule has 1 amide bonds. The number of amides is 1. The van der Waals surface area contributed by atoms with E-state index in [1.165, 1.54) is 4.90 Å². The van der Waals surface area contributed by atoms with Gasteiger partial charge in [-0.05, 0) is 25.0 Å². The zero-order chi connectivity index (χ0) is 14.0. The summed E-state index contributed by atoms with van der Waals surface area (Å²) in [7, 11) is 1.62. The molecule has 1 aliphatic carbocycles. The van der Waals surface area contributed by atoms with Crippen molar-refractivity contribution in [1.82, 2.24) is 4.90 Å². The molecule has 0 radical (unpaired) electrons. The number of nitro groups is 1. The molecule has 0 aromatic heterocycles. The molecule has 0 spiro atoms. The van der Waals surface area contributed by atoms with Gasteiger partial charge in [0, 0.05) is 19.2 Å². The summed E-state index contributed by atoms with van der Waals surface area (Å²) in [4.78, 5) is 24.0. The van der Waals surface area contributed by atoms with Crippen LogP contribution in [0.4, 0.5) is 10.1 Å². The van der Waals surface area contributed by atoms with Crippen LogP contribution >= 0.6 is 0 Å². The van der Waals surface area contributed by atoms with E-state index in [0.717, 1.165) is 43.9 Å². The first-order chi connectivity index (χ1) is 9.00. The summed E-state index contributed by atoms with van der Waals surface area (Å²) in [5, 5.41) is 10.9. The molecule has 2 rings (SSSR count). The summed E-state index contributed by atoms with van der Waals surface area (Å²) in [6.45, 7) is 0. The van der Waals surface area contributed by atoms with Crippen molar-refractivity contribution in [3.63, 3.8) is 0 Å². The first-order valence-corrected chi connectivity index (χ1v) is 6.22. The number of hydrogen-bond donors (Lipinski definition) is 0. The predicted molar refractivity (Wildman–Crippen MR) is 67.4 cm³/mol. The summed E-state index contributed by atoms with van der Waals surface area (Å²) < 4.78 is 13.2. The van der Waals surface area contributed by atoms with Gasteiger partial charge < -0.3 is 4.90 Å². The van der Waals surface area contributed by atoms with Crippen molar-refractivity contribution in [2.75, 3.05) is 7.05 Å². The topological polar surface area (TPSA) is 63.5 Å². The van der Waals surface area contributed by atoms with Crippen LogP contribution in [0.3, 0.4) is 0 Å². The lowest BCUT2D eigenvalue weighted by molar-refractivity contribution is -0.385. The highest BCUT2D eigenvalue weighted by Gasteiger charge is 2.29. The summed E-state index contributed by atoms with van der Waals surface area (Å²) >= 11 is 0. The third kappa shape index (κ3) is 2.72. The molecule has 0 aliphatic heterocycles. The van der Waals surface area contributed by atoms with Crippen LogP contribution < -0.4 is 0 Å². The molecule has 0 atom stereocenters. The monoisotopic (exact) mass is 266 g/mol. The Hall–Kier alpha value is -1.98. The Balaban J connectivity index is 2.31. The highest BCUT2D eigenvalue weighted by molar-refractivity contribution is 5.98. The van der Waals surface area contributed by atoms with Crippen LogP contribution in [0, 0.1) is 15.9 Å². The Morgan fingerprint density at radius 2 is 2.05 bits per heavy atom. The van der Waals surface area contributed by atoms with Gasteiger partial charge in [0.15, 0.2) is 0 Å². The molecule has 6 heteroatoms. The van der Waals surface area contributed by atoms with Crippen molar-refractivity contribution in [1.29, 1.82) is 0 Å². The molecule has 0 heterocycles. The van der Waals surface area contributed by atoms with Crippen molar-refractivity contribution in [3.05, 3.63) is 39.7 Å². The van der Waals surface area contributed by atoms with Crippen molar-refractivity contribution < 1.29 is 14.1 Å². The summed E-state index contributed by atoms with van der Waals surface area (Å²) in [6, 6.07) is 3.05. The molecule has 102 valence electrons. The van der Waals surface area contributed by atoms with E-state index in [9.17, 15) is 19.3 Å². The van der Waals surface area contributed by atoms with Gasteiger partial charge in [-0.2, -0.15) is 0 Å². The van der Waals surface area contributed by atoms with Crippen molar-refractivity contribution in [2.45, 2.75) is 31.7 Å². The zero-order valence-electron chi connectivity index (χ0n) is 10.6. The molecule has 1 fully saturated rings. The first-order valence-electron chi connectivity index (χ1n) is 6.22. The minimum absolute atomic E-state index is 0.0929. The van der Waals surface area contributed by atoms with Gasteiger partial charge in [0.25, 0.3) is 11.6 Å². The van der Waals surface area contributed by atoms with E-state index in [2.05, 4.69) is 0 Å². The highest BCUT2D eigenvalue weighted by Crippen LogP contribution is 2.26. The smallest absolute Gasteiger partial charge is 0.282 e. The summed E-state index contributed by atoms with van der Waals surface area (Å²) in [6.07, 6.45) is 3.89. The standard InChI is InChI=1S/C13H15FN2O3/c1-15(10-4-2-3-5-10)13(17)11-8-9(14)6-7-12(11)16(18)19/h6-8,10H,2-5H2,1H3. The molecule has 0 saturated heterocycles. The van der Waals surface area contributed by atoms with E-state index in [1.807, 2.05) is 0 Å². The quantitative estimate of drug-likeness (QED) is 0.624. The van der Waals surface area contributed by atoms with E-state index in [1.54, 1.807) is 7.05 Å². The lowest BCUT2D eigenvalue weighted by Crippen LogP contribution is -2.35. The second-order valence-electron chi connectivity index (χ2n) is 4.77. The summed E-state index contributed by atoms with van der Waals surface area (Å²) in [5.41, 5.74) is -0.532. The van der Waals surface area contributed by atoms with Gasteiger partial charge in [-0.3, -0.25) is 14.9 Å². The first kappa shape index (κ1) is 13.5. The molecule has 0 unspecified atom stereocenters. The number of carbonyl (C=O) groups excluding carboxylic acids is 1. The summed E-state index contributed by atoms with van der Waals surface area (Å²) in [5.74, 6) is -1.13. The fourth-order valence-electron chi connectivity index (χ4n) is 2.49. The van der Waals surface area contributed by atoms with Gasteiger partial charge in [0.05, 0.1) is 4.92 Å². The number of rotatable bonds is 3. The average Bonchev–Trinajstić information content (AvgIpc) is 2.90. The van der Waals surface area contributed by atoms with Crippen molar-refractivity contribution in [2.24, 2.45) is 0 Å². The minimum atomic E-state index is -0.658. The van der Waals surface area contributed by atoms with Gasteiger partial charge in [-0.1, -0.05) is 12.8 Å². The van der Waals surface area contributed by atoms with E-state index >= 15 is 0 Å². The van der Waals surface area contributed by atoms with Crippen molar-refractivity contribution in [3.8, 4) is 0 Å². The van der Waals surface area contributed by atoms with Gasteiger partial charge in [0.1, 0.15) is 11.4 Å². The average molecular weight is 266 g/mol. The lowest BCUT2D eigenvalue weighted by Gasteiger charge is -2.24. The highest BCUT2D eigenvalue weighted by atomic mass is 19.1. The molecular weight excluding hydrogens is 251 g/mol. The Bertz CT molecular complexity index is 513. The molecule has 0 bridgehead atoms. The van der Waals surface area contributed by atoms with Crippen molar-refractivity contribution >= 4 is 11.6 Å². The van der Waals surface area contributed by atoms with Crippen LogP contribution in [-0.2, 0) is 0 Å². The molecular formula is C13H15FN2O3. The molecule has 0 N–H and O–H groups in total. The number of halogens is 1. The van der Waals surface area contributed by atoms with E-state index < -0.39 is 16.6 Å². The lowest BCUT2D eigenvalue weighted by atomic mass is 10.1. The Kier molecular flexibility index (Phi) is 3.78. The van der Waals surface area contributed by atoms with E-state index in [4.69, 9.17) is 0 Å². The van der Waals surface area contributed by atoms with Crippen LogP contribution in [0.15, 0.2) is 18.2 Å². The maximum absolute atomic E-state index is 13.2. The van der Waals surface area contributed by atoms with Gasteiger partial charge in [-0.15, -0.1) is 0 Å². The number of nitro benzene ring substituents is 1. The molecule has 1 aromatic rings. The van der Waals surface area contributed by atoms with Gasteiger partial charge in [0.2, 0.25) is 0 Å². The fraction of sp³-hybridized carbons (Fsp3) is 0.462. The molecule has 1 aromatic carbocycles. The Labute approximate surface area is 110 Å². The predicted octanol–water partition coefficient (Wildman–Crippen LogP) is 2.75. The van der Waals surface area contributed by atoms with Gasteiger partial charge in [-0.25, -0.2) is 4.39 Å². The molecule has 1 aliphatic rings. The van der Waals surface area contributed by atoms with Gasteiger partial charge >= 0.3 is 0 Å². The normalized spacial score (nSPS) is 15.5. The van der Waals surface area contributed by atoms with Crippen LogP contribution in [0.5, 0.6) is 0 Å². The maximum Gasteiger partial charge on any atom is 0.282 e. The maximum atomic E-state index is 13.2. The fourth-order valence-corrected chi connectivity index (χ4v) is 2.49.